The fourth-order valence-electron chi connectivity index (χ4n) is 1.57. The number of nitrogens with zero attached hydrogens (tertiary/aromatic N) is 2. The summed E-state index contributed by atoms with van der Waals surface area (Å²) >= 11 is 0. The molecule has 1 aromatic carbocycles. The van der Waals surface area contributed by atoms with Gasteiger partial charge in [0.2, 0.25) is 0 Å². The van der Waals surface area contributed by atoms with Crippen LogP contribution in [0.1, 0.15) is 11.1 Å². The topological polar surface area (TPSA) is 73.6 Å². The highest BCUT2D eigenvalue weighted by Crippen LogP contribution is 2.07. The fourth-order valence-corrected chi connectivity index (χ4v) is 1.57. The van der Waals surface area contributed by atoms with Gasteiger partial charge in [0.15, 0.2) is 0 Å². The van der Waals surface area contributed by atoms with E-state index in [1.54, 1.807) is 24.1 Å². The lowest BCUT2D eigenvalue weighted by Crippen LogP contribution is -2.32. The first kappa shape index (κ1) is 14.2. The van der Waals surface area contributed by atoms with Crippen LogP contribution in [0.5, 0.6) is 0 Å². The van der Waals surface area contributed by atoms with Crippen molar-refractivity contribution in [3.8, 4) is 6.07 Å². The van der Waals surface area contributed by atoms with Crippen molar-refractivity contribution in [2.45, 2.75) is 6.54 Å². The van der Waals surface area contributed by atoms with Crippen LogP contribution in [0.15, 0.2) is 24.3 Å². The van der Waals surface area contributed by atoms with E-state index in [9.17, 15) is 4.79 Å². The summed E-state index contributed by atoms with van der Waals surface area (Å²) in [5.74, 6) is -0.861. The van der Waals surface area contributed by atoms with Crippen LogP contribution < -0.4 is 0 Å². The van der Waals surface area contributed by atoms with Gasteiger partial charge in [-0.2, -0.15) is 5.26 Å². The zero-order valence-corrected chi connectivity index (χ0v) is 10.3. The van der Waals surface area contributed by atoms with Crippen molar-refractivity contribution < 1.29 is 14.6 Å². The maximum atomic E-state index is 10.7. The van der Waals surface area contributed by atoms with Gasteiger partial charge in [0, 0.05) is 20.2 Å². The molecule has 0 spiro atoms. The zero-order chi connectivity index (χ0) is 13.4. The third-order valence-corrected chi connectivity index (χ3v) is 2.46. The molecule has 0 atom stereocenters. The molecule has 0 aliphatic rings. The number of carboxylic acids is 1. The van der Waals surface area contributed by atoms with Crippen LogP contribution >= 0.6 is 0 Å². The molecule has 0 heterocycles. The largest absolute Gasteiger partial charge is 0.480 e. The molecule has 0 aromatic heterocycles. The van der Waals surface area contributed by atoms with E-state index in [0.717, 1.165) is 5.56 Å². The summed E-state index contributed by atoms with van der Waals surface area (Å²) in [6, 6.07) is 9.17. The molecule has 1 N–H and O–H groups in total. The lowest BCUT2D eigenvalue weighted by Gasteiger charge is -2.19. The number of nitriles is 1. The predicted molar refractivity (Wildman–Crippen MR) is 65.9 cm³/mol. The molecule has 5 nitrogen and oxygen atoms in total. The summed E-state index contributed by atoms with van der Waals surface area (Å²) in [6.45, 7) is 1.55. The molecule has 0 bridgehead atoms. The first-order valence-corrected chi connectivity index (χ1v) is 5.58. The third-order valence-electron chi connectivity index (χ3n) is 2.46. The van der Waals surface area contributed by atoms with E-state index < -0.39 is 5.97 Å². The second-order valence-electron chi connectivity index (χ2n) is 3.91. The number of carbonyl (C=O) groups is 1. The molecule has 1 rings (SSSR count). The minimum atomic E-state index is -0.861. The number of benzene rings is 1. The summed E-state index contributed by atoms with van der Waals surface area (Å²) in [4.78, 5) is 12.5. The molecule has 0 unspecified atom stereocenters. The second-order valence-corrected chi connectivity index (χ2v) is 3.91. The molecule has 0 saturated carbocycles. The SMILES string of the molecule is COCCN(CC(=O)O)Cc1ccc(C#N)cc1. The van der Waals surface area contributed by atoms with Crippen LogP contribution in [0.3, 0.4) is 0 Å². The minimum absolute atomic E-state index is 0.0244. The van der Waals surface area contributed by atoms with Crippen molar-refractivity contribution in [1.82, 2.24) is 4.90 Å². The lowest BCUT2D eigenvalue weighted by atomic mass is 10.1. The molecule has 0 aliphatic carbocycles. The van der Waals surface area contributed by atoms with Gasteiger partial charge in [-0.3, -0.25) is 9.69 Å². The summed E-state index contributed by atoms with van der Waals surface area (Å²) in [5.41, 5.74) is 1.58. The average molecular weight is 248 g/mol. The Morgan fingerprint density at radius 1 is 1.44 bits per heavy atom. The first-order valence-electron chi connectivity index (χ1n) is 5.58. The van der Waals surface area contributed by atoms with Gasteiger partial charge in [0.05, 0.1) is 24.8 Å². The monoisotopic (exact) mass is 248 g/mol. The van der Waals surface area contributed by atoms with E-state index in [1.165, 1.54) is 0 Å². The number of methoxy groups -OCH3 is 1. The molecule has 96 valence electrons. The molecule has 0 aliphatic heterocycles. The molecule has 5 heteroatoms. The molecule has 0 amide bonds. The Hall–Kier alpha value is -1.90. The number of hydrogen-bond donors (Lipinski definition) is 1. The number of ether oxygens (including phenoxy) is 1. The Morgan fingerprint density at radius 2 is 2.11 bits per heavy atom. The average Bonchev–Trinajstić information content (AvgIpc) is 2.36. The Balaban J connectivity index is 2.63. The van der Waals surface area contributed by atoms with Crippen molar-refractivity contribution in [3.05, 3.63) is 35.4 Å². The van der Waals surface area contributed by atoms with Gasteiger partial charge in [-0.25, -0.2) is 0 Å². The number of hydrogen-bond acceptors (Lipinski definition) is 4. The smallest absolute Gasteiger partial charge is 0.317 e. The van der Waals surface area contributed by atoms with Gasteiger partial charge in [-0.05, 0) is 17.7 Å². The summed E-state index contributed by atoms with van der Waals surface area (Å²) in [7, 11) is 1.58. The number of rotatable bonds is 7. The van der Waals surface area contributed by atoms with Crippen LogP contribution in [-0.2, 0) is 16.1 Å². The van der Waals surface area contributed by atoms with E-state index in [1.807, 2.05) is 18.2 Å². The van der Waals surface area contributed by atoms with E-state index >= 15 is 0 Å². The quantitative estimate of drug-likeness (QED) is 0.782. The summed E-state index contributed by atoms with van der Waals surface area (Å²) in [5, 5.41) is 17.5. The van der Waals surface area contributed by atoms with Gasteiger partial charge in [0.1, 0.15) is 0 Å². The number of aliphatic carboxylic acids is 1. The third kappa shape index (κ3) is 4.95. The van der Waals surface area contributed by atoms with Gasteiger partial charge in [0.25, 0.3) is 0 Å². The van der Waals surface area contributed by atoms with E-state index in [4.69, 9.17) is 15.1 Å². The van der Waals surface area contributed by atoms with Crippen molar-refractivity contribution in [2.75, 3.05) is 26.8 Å². The Morgan fingerprint density at radius 3 is 2.61 bits per heavy atom. The molecular weight excluding hydrogens is 232 g/mol. The van der Waals surface area contributed by atoms with Gasteiger partial charge >= 0.3 is 5.97 Å². The lowest BCUT2D eigenvalue weighted by molar-refractivity contribution is -0.138. The van der Waals surface area contributed by atoms with Crippen molar-refractivity contribution in [2.24, 2.45) is 0 Å². The minimum Gasteiger partial charge on any atom is -0.480 e. The van der Waals surface area contributed by atoms with Crippen LogP contribution in [0.4, 0.5) is 0 Å². The highest BCUT2D eigenvalue weighted by Gasteiger charge is 2.10. The Kier molecular flexibility index (Phi) is 5.85. The molecule has 18 heavy (non-hydrogen) atoms. The van der Waals surface area contributed by atoms with Crippen molar-refractivity contribution >= 4 is 5.97 Å². The van der Waals surface area contributed by atoms with Gasteiger partial charge in [-0.15, -0.1) is 0 Å². The second kappa shape index (κ2) is 7.43. The van der Waals surface area contributed by atoms with Crippen molar-refractivity contribution in [1.29, 1.82) is 5.26 Å². The van der Waals surface area contributed by atoms with E-state index in [-0.39, 0.29) is 6.54 Å². The van der Waals surface area contributed by atoms with Crippen LogP contribution in [0.2, 0.25) is 0 Å². The molecule has 0 radical (unpaired) electrons. The normalized spacial score (nSPS) is 10.3. The predicted octanol–water partition coefficient (Wildman–Crippen LogP) is 1.09. The zero-order valence-electron chi connectivity index (χ0n) is 10.3. The van der Waals surface area contributed by atoms with Crippen molar-refractivity contribution in [3.63, 3.8) is 0 Å². The van der Waals surface area contributed by atoms with Crippen LogP contribution in [-0.4, -0.2) is 42.8 Å². The van der Waals surface area contributed by atoms with Crippen LogP contribution in [0.25, 0.3) is 0 Å². The fraction of sp³-hybridized carbons (Fsp3) is 0.385. The molecular formula is C13H16N2O3. The first-order chi connectivity index (χ1) is 8.65. The van der Waals surface area contributed by atoms with Gasteiger partial charge in [-0.1, -0.05) is 12.1 Å². The highest BCUT2D eigenvalue weighted by atomic mass is 16.5. The maximum Gasteiger partial charge on any atom is 0.317 e. The summed E-state index contributed by atoms with van der Waals surface area (Å²) < 4.78 is 4.95. The van der Waals surface area contributed by atoms with E-state index in [0.29, 0.717) is 25.3 Å². The van der Waals surface area contributed by atoms with E-state index in [2.05, 4.69) is 0 Å². The Bertz CT molecular complexity index is 423. The molecule has 0 saturated heterocycles. The summed E-state index contributed by atoms with van der Waals surface area (Å²) in [6.07, 6.45) is 0. The van der Waals surface area contributed by atoms with Crippen LogP contribution in [0, 0.1) is 11.3 Å². The maximum absolute atomic E-state index is 10.7. The standard InChI is InChI=1S/C13H16N2O3/c1-18-7-6-15(10-13(16)17)9-12-4-2-11(8-14)3-5-12/h2-5H,6-7,9-10H2,1H3,(H,16,17). The number of carboxylic acid groups (broad SMARTS) is 1. The Labute approximate surface area is 106 Å². The van der Waals surface area contributed by atoms with Gasteiger partial charge < -0.3 is 9.84 Å². The molecule has 1 aromatic rings. The molecule has 0 fully saturated rings. The highest BCUT2D eigenvalue weighted by molar-refractivity contribution is 5.69.